The number of carbonyl (C=O) groups excluding carboxylic acids is 3. The summed E-state index contributed by atoms with van der Waals surface area (Å²) in [5.74, 6) is -0.747. The number of nitro groups is 1. The van der Waals surface area contributed by atoms with Crippen molar-refractivity contribution >= 4 is 50.0 Å². The maximum Gasteiger partial charge on any atom is 1.00 e. The topological polar surface area (TPSA) is 297 Å². The molecule has 19 nitrogen and oxygen atoms in total. The number of nitro benzene ring substituents is 1. The molecule has 0 saturated carbocycles. The summed E-state index contributed by atoms with van der Waals surface area (Å²) in [5, 5.41) is 35.4. The Balaban J connectivity index is 0. The van der Waals surface area contributed by atoms with Gasteiger partial charge in [-0.2, -0.15) is 28.2 Å². The van der Waals surface area contributed by atoms with Crippen LogP contribution >= 0.6 is 0 Å². The molecule has 0 atom stereocenters. The van der Waals surface area contributed by atoms with Crippen molar-refractivity contribution < 1.29 is 103 Å². The molecule has 0 unspecified atom stereocenters. The van der Waals surface area contributed by atoms with Crippen molar-refractivity contribution in [3.63, 3.8) is 0 Å². The van der Waals surface area contributed by atoms with Crippen LogP contribution < -0.4 is 56.6 Å². The Hall–Kier alpha value is -3.50. The quantitative estimate of drug-likeness (QED) is 0.0373. The molecular formula is C18H17KN6O13S. The molecule has 0 aliphatic rings. The number of rotatable bonds is 3. The molecule has 21 heteroatoms. The first-order valence-electron chi connectivity index (χ1n) is 9.23. The predicted molar refractivity (Wildman–Crippen MR) is 121 cm³/mol. The molecule has 0 aliphatic heterocycles. The van der Waals surface area contributed by atoms with Crippen LogP contribution in [0.25, 0.3) is 21.8 Å². The molecule has 0 saturated heterocycles. The Morgan fingerprint density at radius 2 is 1.54 bits per heavy atom. The average Bonchev–Trinajstić information content (AvgIpc) is 3.51. The monoisotopic (exact) mass is 596 g/mol. The third kappa shape index (κ3) is 15.5. The minimum atomic E-state index is -4.67. The fraction of sp³-hybridized carbons (Fsp3) is 0.111. The summed E-state index contributed by atoms with van der Waals surface area (Å²) in [6.07, 6.45) is 3.53. The second kappa shape index (κ2) is 19.5. The Morgan fingerprint density at radius 1 is 1.08 bits per heavy atom. The summed E-state index contributed by atoms with van der Waals surface area (Å²) in [4.78, 5) is 48.5. The molecule has 4 rings (SSSR count). The van der Waals surface area contributed by atoms with Crippen LogP contribution in [0, 0.1) is 21.9 Å². The van der Waals surface area contributed by atoms with Crippen molar-refractivity contribution in [2.75, 3.05) is 7.11 Å². The van der Waals surface area contributed by atoms with Crippen LogP contribution in [0.2, 0.25) is 0 Å². The van der Waals surface area contributed by atoms with E-state index in [1.165, 1.54) is 41.7 Å². The minimum Gasteiger partial charge on any atom is -0.635 e. The Labute approximate surface area is 259 Å². The minimum absolute atomic E-state index is 0. The van der Waals surface area contributed by atoms with Crippen LogP contribution in [0.4, 0.5) is 5.69 Å². The van der Waals surface area contributed by atoms with Crippen molar-refractivity contribution in [1.29, 1.82) is 0 Å². The van der Waals surface area contributed by atoms with Crippen molar-refractivity contribution in [2.45, 2.75) is 6.92 Å². The van der Waals surface area contributed by atoms with E-state index in [1.807, 2.05) is 6.20 Å². The number of carbonyl (C=O) groups is 1. The van der Waals surface area contributed by atoms with Gasteiger partial charge in [0.1, 0.15) is 10.9 Å². The Morgan fingerprint density at radius 3 is 1.97 bits per heavy atom. The van der Waals surface area contributed by atoms with Gasteiger partial charge in [-0.3, -0.25) is 29.4 Å². The van der Waals surface area contributed by atoms with Gasteiger partial charge in [-0.15, -0.1) is 4.91 Å². The van der Waals surface area contributed by atoms with Gasteiger partial charge in [-0.05, 0) is 24.6 Å². The summed E-state index contributed by atoms with van der Waals surface area (Å²) in [6, 6.07) is 8.87. The van der Waals surface area contributed by atoms with E-state index in [0.29, 0.717) is 10.9 Å². The number of nitrogens with zero attached hydrogens (tertiary/aromatic N) is 4. The predicted octanol–water partition coefficient (Wildman–Crippen LogP) is -2.14. The fourth-order valence-electron chi connectivity index (χ4n) is 2.45. The average molecular weight is 597 g/mol. The zero-order chi connectivity index (χ0) is 29.3. The molecule has 0 amide bonds. The number of nitrogens with one attached hydrogen (secondary N) is 2. The summed E-state index contributed by atoms with van der Waals surface area (Å²) in [7, 11) is -3.50. The van der Waals surface area contributed by atoms with Crippen molar-refractivity contribution in [1.82, 2.24) is 20.4 Å². The van der Waals surface area contributed by atoms with Crippen LogP contribution in [0.15, 0.2) is 48.1 Å². The zero-order valence-electron chi connectivity index (χ0n) is 20.1. The first kappa shape index (κ1) is 37.6. The summed E-state index contributed by atoms with van der Waals surface area (Å²) < 4.78 is 36.1. The van der Waals surface area contributed by atoms with Crippen molar-refractivity contribution in [3.05, 3.63) is 68.9 Å². The number of aryl methyl sites for hydroxylation is 1. The second-order valence-corrected chi connectivity index (χ2v) is 7.11. The molecule has 0 aliphatic carbocycles. The van der Waals surface area contributed by atoms with Crippen molar-refractivity contribution in [2.24, 2.45) is 5.34 Å². The fourth-order valence-corrected chi connectivity index (χ4v) is 2.45. The molecule has 4 N–H and O–H groups in total. The smallest absolute Gasteiger partial charge is 0.635 e. The SMILES string of the molecule is COC(=O)c1cc2[nH]ncc2cc1[N+](=O)[O-].Cc1ccc2cn[nH]c2c1.O=C=O.O=NO[O-].O=S(=O)(O)O.[K+]. The van der Waals surface area contributed by atoms with E-state index >= 15 is 0 Å². The largest absolute Gasteiger partial charge is 1.00 e. The molecule has 4 aromatic rings. The van der Waals surface area contributed by atoms with Gasteiger partial charge >= 0.3 is 73.9 Å². The molecule has 2 heterocycles. The number of H-pyrrole nitrogens is 2. The van der Waals surface area contributed by atoms with E-state index in [4.69, 9.17) is 37.3 Å². The first-order chi connectivity index (χ1) is 17.8. The summed E-state index contributed by atoms with van der Waals surface area (Å²) in [5.41, 5.74) is 2.53. The van der Waals surface area contributed by atoms with E-state index < -0.39 is 21.3 Å². The molecule has 2 aromatic carbocycles. The van der Waals surface area contributed by atoms with Gasteiger partial charge in [0.15, 0.2) is 0 Å². The Kier molecular flexibility index (Phi) is 18.9. The molecular weight excluding hydrogens is 579 g/mol. The number of aromatic nitrogens is 4. The van der Waals surface area contributed by atoms with Gasteiger partial charge in [0.05, 0.1) is 35.5 Å². The van der Waals surface area contributed by atoms with Gasteiger partial charge in [0.2, 0.25) is 0 Å². The number of methoxy groups -OCH3 is 1. The van der Waals surface area contributed by atoms with Gasteiger partial charge in [0, 0.05) is 16.8 Å². The number of hydrogen-bond acceptors (Lipinski definition) is 14. The van der Waals surface area contributed by atoms with Crippen molar-refractivity contribution in [3.8, 4) is 0 Å². The van der Waals surface area contributed by atoms with Gasteiger partial charge < -0.3 is 15.0 Å². The van der Waals surface area contributed by atoms with Gasteiger partial charge in [0.25, 0.3) is 5.69 Å². The number of hydrogen-bond donors (Lipinski definition) is 4. The zero-order valence-corrected chi connectivity index (χ0v) is 24.1. The molecule has 0 bridgehead atoms. The second-order valence-electron chi connectivity index (χ2n) is 6.22. The van der Waals surface area contributed by atoms with E-state index in [0.717, 1.165) is 5.52 Å². The number of esters is 1. The number of aromatic amines is 2. The number of ether oxygens (including phenoxy) is 1. The third-order valence-corrected chi connectivity index (χ3v) is 3.79. The van der Waals surface area contributed by atoms with E-state index in [9.17, 15) is 14.9 Å². The standard InChI is InChI=1S/C9H7N3O4.C8H8N2.CO2.K.HNO3.H2O4S/c1-16-9(13)6-3-7-5(4-10-11-7)2-8(6)12(14)15;1-6-2-3-7-5-9-10-8(7)4-6;2-1-3;;2-1-4-3;1-5(2,3)4/h2-4H,1H3,(H,10,11);2-5H,1H3,(H,9,10);;;3H;(H2,1,2,3,4)/q;;;+1;;/p-1. The molecule has 0 spiro atoms. The van der Waals surface area contributed by atoms with Crippen LogP contribution in [-0.4, -0.2) is 62.1 Å². The number of fused-ring (bicyclic) bond motifs is 2. The van der Waals surface area contributed by atoms with E-state index in [-0.39, 0.29) is 68.8 Å². The molecule has 39 heavy (non-hydrogen) atoms. The normalized spacial score (nSPS) is 9.15. The Bertz CT molecular complexity index is 1490. The maximum absolute atomic E-state index is 11.3. The van der Waals surface area contributed by atoms with Crippen LogP contribution in [0.5, 0.6) is 0 Å². The molecule has 0 radical (unpaired) electrons. The van der Waals surface area contributed by atoms with E-state index in [2.05, 4.69) is 55.2 Å². The third-order valence-electron chi connectivity index (χ3n) is 3.79. The summed E-state index contributed by atoms with van der Waals surface area (Å²) >= 11 is 0. The van der Waals surface area contributed by atoms with Crippen LogP contribution in [0.3, 0.4) is 0 Å². The number of benzene rings is 2. The molecule has 0 fully saturated rings. The van der Waals surface area contributed by atoms with Gasteiger partial charge in [-0.25, -0.2) is 4.79 Å². The van der Waals surface area contributed by atoms with Crippen LogP contribution in [0.1, 0.15) is 15.9 Å². The molecule has 204 valence electrons. The summed E-state index contributed by atoms with van der Waals surface area (Å²) in [6.45, 7) is 2.07. The molecule has 2 aromatic heterocycles. The maximum atomic E-state index is 11.3. The van der Waals surface area contributed by atoms with Gasteiger partial charge in [-0.1, -0.05) is 12.1 Å². The first-order valence-corrected chi connectivity index (χ1v) is 10.6. The van der Waals surface area contributed by atoms with Crippen LogP contribution in [-0.2, 0) is 29.7 Å². The van der Waals surface area contributed by atoms with E-state index in [1.54, 1.807) is 0 Å².